The van der Waals surface area contributed by atoms with Crippen molar-refractivity contribution in [3.8, 4) is 0 Å². The van der Waals surface area contributed by atoms with E-state index < -0.39 is 17.2 Å². The second-order valence-electron chi connectivity index (χ2n) is 12.5. The summed E-state index contributed by atoms with van der Waals surface area (Å²) in [5.41, 5.74) is 0.0265. The Hall–Kier alpha value is -2.48. The van der Waals surface area contributed by atoms with Crippen LogP contribution in [-0.4, -0.2) is 58.4 Å². The van der Waals surface area contributed by atoms with Crippen LogP contribution in [0.1, 0.15) is 68.7 Å². The van der Waals surface area contributed by atoms with Crippen LogP contribution in [0.3, 0.4) is 0 Å². The normalized spacial score (nSPS) is 36.1. The molecule has 3 fully saturated rings. The first kappa shape index (κ1) is 26.7. The molecule has 0 bridgehead atoms. The molecular weight excluding hydrogens is 503 g/mol. The van der Waals surface area contributed by atoms with Gasteiger partial charge in [0.05, 0.1) is 23.7 Å². The van der Waals surface area contributed by atoms with E-state index in [1.165, 1.54) is 6.07 Å². The van der Waals surface area contributed by atoms with E-state index in [9.17, 15) is 18.0 Å². The average Bonchev–Trinajstić information content (AvgIpc) is 3.50. The molecule has 0 aromatic carbocycles. The van der Waals surface area contributed by atoms with Gasteiger partial charge < -0.3 is 9.64 Å². The van der Waals surface area contributed by atoms with E-state index in [0.29, 0.717) is 48.0 Å². The van der Waals surface area contributed by atoms with Crippen molar-refractivity contribution >= 4 is 12.6 Å². The number of halogens is 3. The van der Waals surface area contributed by atoms with Gasteiger partial charge in [0.1, 0.15) is 6.72 Å². The minimum Gasteiger partial charge on any atom is -0.377 e. The van der Waals surface area contributed by atoms with Gasteiger partial charge in [0.25, 0.3) is 0 Å². The zero-order valence-corrected chi connectivity index (χ0v) is 22.7. The fourth-order valence-electron chi connectivity index (χ4n) is 8.15. The minimum atomic E-state index is -4.44. The van der Waals surface area contributed by atoms with Crippen LogP contribution in [-0.2, 0) is 28.7 Å². The molecular formula is C31H39F3N3O2+. The van der Waals surface area contributed by atoms with Gasteiger partial charge in [-0.25, -0.2) is 4.58 Å². The van der Waals surface area contributed by atoms with Crippen molar-refractivity contribution in [2.75, 3.05) is 13.2 Å². The van der Waals surface area contributed by atoms with E-state index in [1.807, 2.05) is 4.90 Å². The number of pyridine rings is 1. The first-order valence-electron chi connectivity index (χ1n) is 14.6. The van der Waals surface area contributed by atoms with Crippen molar-refractivity contribution in [1.29, 1.82) is 0 Å². The number of alkyl halides is 3. The Labute approximate surface area is 228 Å². The molecule has 1 saturated heterocycles. The van der Waals surface area contributed by atoms with E-state index >= 15 is 0 Å². The highest BCUT2D eigenvalue weighted by molar-refractivity contribution is 5.84. The van der Waals surface area contributed by atoms with Crippen molar-refractivity contribution in [2.45, 2.75) is 89.2 Å². The lowest BCUT2D eigenvalue weighted by Gasteiger charge is -2.37. The zero-order valence-electron chi connectivity index (χ0n) is 22.7. The number of aromatic nitrogens is 1. The van der Waals surface area contributed by atoms with Crippen LogP contribution >= 0.6 is 0 Å². The third-order valence-electron chi connectivity index (χ3n) is 10.3. The molecule has 7 unspecified atom stereocenters. The maximum Gasteiger partial charge on any atom is 0.417 e. The quantitative estimate of drug-likeness (QED) is 0.369. The SMILES string of the molecule is C=[N+](C1CCOC(C2C=CC=CC2C)C1)C1CC2CCCC2(C(=O)N2CCc3ncc(C(F)(F)F)cc3C2)C1. The molecule has 8 heteroatoms. The van der Waals surface area contributed by atoms with Gasteiger partial charge in [-0.2, -0.15) is 13.2 Å². The molecule has 39 heavy (non-hydrogen) atoms. The number of hydrogen-bond donors (Lipinski definition) is 0. The number of carbonyl (C=O) groups is 1. The zero-order chi connectivity index (χ0) is 27.4. The first-order valence-corrected chi connectivity index (χ1v) is 14.6. The lowest BCUT2D eigenvalue weighted by atomic mass is 9.78. The maximum atomic E-state index is 14.1. The number of rotatable bonds is 4. The Kier molecular flexibility index (Phi) is 6.97. The summed E-state index contributed by atoms with van der Waals surface area (Å²) in [7, 11) is 0. The van der Waals surface area contributed by atoms with Gasteiger partial charge in [0.15, 0.2) is 12.1 Å². The fourth-order valence-corrected chi connectivity index (χ4v) is 8.15. The van der Waals surface area contributed by atoms with E-state index in [1.54, 1.807) is 0 Å². The number of allylic oxidation sites excluding steroid dienone is 3. The Morgan fingerprint density at radius 3 is 2.82 bits per heavy atom. The molecule has 5 nitrogen and oxygen atoms in total. The third-order valence-corrected chi connectivity index (χ3v) is 10.3. The third kappa shape index (κ3) is 4.87. The Balaban J connectivity index is 1.15. The summed E-state index contributed by atoms with van der Waals surface area (Å²) < 4.78 is 48.4. The molecule has 0 spiro atoms. The Morgan fingerprint density at radius 2 is 2.03 bits per heavy atom. The van der Waals surface area contributed by atoms with Crippen LogP contribution in [0, 0.1) is 23.2 Å². The average molecular weight is 543 g/mol. The van der Waals surface area contributed by atoms with Gasteiger partial charge in [-0.05, 0) is 36.3 Å². The molecule has 3 heterocycles. The van der Waals surface area contributed by atoms with Crippen LogP contribution in [0.25, 0.3) is 0 Å². The number of nitrogens with zero attached hydrogens (tertiary/aromatic N) is 3. The topological polar surface area (TPSA) is 45.4 Å². The Bertz CT molecular complexity index is 1190. The molecule has 7 atom stereocenters. The monoisotopic (exact) mass is 542 g/mol. The van der Waals surface area contributed by atoms with Crippen LogP contribution in [0.2, 0.25) is 0 Å². The number of ether oxygens (including phenoxy) is 1. The van der Waals surface area contributed by atoms with Gasteiger partial charge in [-0.3, -0.25) is 9.78 Å². The lowest BCUT2D eigenvalue weighted by Crippen LogP contribution is -2.47. The molecule has 1 aromatic heterocycles. The molecule has 1 amide bonds. The van der Waals surface area contributed by atoms with Crippen molar-refractivity contribution in [2.24, 2.45) is 23.2 Å². The molecule has 5 aliphatic rings. The predicted octanol–water partition coefficient (Wildman–Crippen LogP) is 5.57. The van der Waals surface area contributed by atoms with Gasteiger partial charge in [-0.15, -0.1) is 0 Å². The highest BCUT2D eigenvalue weighted by Crippen LogP contribution is 2.56. The summed E-state index contributed by atoms with van der Waals surface area (Å²) in [4.78, 5) is 20.0. The van der Waals surface area contributed by atoms with Crippen molar-refractivity contribution in [3.63, 3.8) is 0 Å². The smallest absolute Gasteiger partial charge is 0.377 e. The molecule has 210 valence electrons. The van der Waals surface area contributed by atoms with Crippen molar-refractivity contribution in [1.82, 2.24) is 9.88 Å². The lowest BCUT2D eigenvalue weighted by molar-refractivity contribution is -0.600. The number of fused-ring (bicyclic) bond motifs is 2. The highest BCUT2D eigenvalue weighted by atomic mass is 19.4. The van der Waals surface area contributed by atoms with Gasteiger partial charge in [0, 0.05) is 63.0 Å². The molecule has 1 aromatic rings. The van der Waals surface area contributed by atoms with E-state index in [-0.39, 0.29) is 24.6 Å². The van der Waals surface area contributed by atoms with Gasteiger partial charge >= 0.3 is 6.18 Å². The Morgan fingerprint density at radius 1 is 1.21 bits per heavy atom. The first-order chi connectivity index (χ1) is 18.7. The molecule has 3 aliphatic carbocycles. The second kappa shape index (κ2) is 10.2. The summed E-state index contributed by atoms with van der Waals surface area (Å²) in [5.74, 6) is 1.25. The highest BCUT2D eigenvalue weighted by Gasteiger charge is 2.59. The summed E-state index contributed by atoms with van der Waals surface area (Å²) in [6.45, 7) is 8.23. The standard InChI is InChI=1S/C31H39F3N3O2/c1-20-6-3-4-8-26(20)28-16-24(10-13-39-28)36(2)25-15-22-7-5-11-30(22,17-25)29(38)37-12-9-27-21(19-37)14-23(18-35-27)31(32,33)34/h3-4,6,8,14,18,20,22,24-26,28H,2,5,7,9-13,15-17,19H2,1H3/q+1. The van der Waals surface area contributed by atoms with Gasteiger partial charge in [0.2, 0.25) is 5.91 Å². The maximum absolute atomic E-state index is 14.1. The minimum absolute atomic E-state index is 0.127. The summed E-state index contributed by atoms with van der Waals surface area (Å²) >= 11 is 0. The van der Waals surface area contributed by atoms with Crippen LogP contribution < -0.4 is 0 Å². The van der Waals surface area contributed by atoms with Crippen LogP contribution in [0.4, 0.5) is 13.2 Å². The van der Waals surface area contributed by atoms with Crippen LogP contribution in [0.5, 0.6) is 0 Å². The summed E-state index contributed by atoms with van der Waals surface area (Å²) in [6, 6.07) is 1.73. The van der Waals surface area contributed by atoms with E-state index in [4.69, 9.17) is 4.74 Å². The number of hydrogen-bond acceptors (Lipinski definition) is 3. The molecule has 0 radical (unpaired) electrons. The number of carbonyl (C=O) groups excluding carboxylic acids is 1. The predicted molar refractivity (Wildman–Crippen MR) is 142 cm³/mol. The number of amides is 1. The molecule has 2 aliphatic heterocycles. The van der Waals surface area contributed by atoms with E-state index in [2.05, 4.69) is 47.5 Å². The van der Waals surface area contributed by atoms with Crippen molar-refractivity contribution < 1.29 is 27.3 Å². The second-order valence-corrected chi connectivity index (χ2v) is 12.5. The molecule has 0 N–H and O–H groups in total. The fraction of sp³-hybridized carbons (Fsp3) is 0.645. The van der Waals surface area contributed by atoms with Gasteiger partial charge in [-0.1, -0.05) is 37.6 Å². The largest absolute Gasteiger partial charge is 0.417 e. The summed E-state index contributed by atoms with van der Waals surface area (Å²) in [5, 5.41) is 0. The molecule has 6 rings (SSSR count). The van der Waals surface area contributed by atoms with Crippen molar-refractivity contribution in [3.05, 3.63) is 53.4 Å². The van der Waals surface area contributed by atoms with Crippen LogP contribution in [0.15, 0.2) is 36.6 Å². The summed E-state index contributed by atoms with van der Waals surface area (Å²) in [6.07, 6.45) is 12.4. The van der Waals surface area contributed by atoms with E-state index in [0.717, 1.165) is 57.7 Å². The molecule has 2 saturated carbocycles.